The maximum absolute atomic E-state index is 13.0. The van der Waals surface area contributed by atoms with Gasteiger partial charge in [0, 0.05) is 24.8 Å². The number of likely N-dealkylation sites (N-methyl/N-ethyl adjacent to an activating group) is 1. The van der Waals surface area contributed by atoms with Crippen molar-refractivity contribution in [1.82, 2.24) is 15.1 Å². The Balaban J connectivity index is 1.31. The van der Waals surface area contributed by atoms with Gasteiger partial charge in [-0.25, -0.2) is 4.39 Å². The van der Waals surface area contributed by atoms with Crippen molar-refractivity contribution in [3.8, 4) is 17.0 Å². The Labute approximate surface area is 175 Å². The van der Waals surface area contributed by atoms with Gasteiger partial charge < -0.3 is 14.4 Å². The lowest BCUT2D eigenvalue weighted by Gasteiger charge is -2.17. The number of carbonyl (C=O) groups excluding carboxylic acids is 1. The lowest BCUT2D eigenvalue weighted by atomic mass is 10.1. The number of aromatic nitrogens is 2. The van der Waals surface area contributed by atoms with E-state index in [1.807, 2.05) is 36.4 Å². The van der Waals surface area contributed by atoms with E-state index in [2.05, 4.69) is 10.2 Å². The average Bonchev–Trinajstić information content (AvgIpc) is 3.23. The number of hydrogen-bond acceptors (Lipinski definition) is 4. The number of halogens is 1. The maximum Gasteiger partial charge on any atom is 0.248 e. The zero-order valence-electron chi connectivity index (χ0n) is 17.0. The molecule has 2 aromatic carbocycles. The normalized spacial score (nSPS) is 10.7. The van der Waals surface area contributed by atoms with Gasteiger partial charge in [-0.2, -0.15) is 5.10 Å². The first kappa shape index (κ1) is 21.5. The first-order valence-corrected chi connectivity index (χ1v) is 9.91. The minimum absolute atomic E-state index is 0.0351. The zero-order valence-corrected chi connectivity index (χ0v) is 17.0. The second kappa shape index (κ2) is 11.1. The molecule has 0 saturated carbocycles. The van der Waals surface area contributed by atoms with Crippen molar-refractivity contribution < 1.29 is 18.7 Å². The summed E-state index contributed by atoms with van der Waals surface area (Å²) in [7, 11) is 1.77. The number of rotatable bonds is 11. The van der Waals surface area contributed by atoms with Crippen molar-refractivity contribution in [2.24, 2.45) is 0 Å². The van der Waals surface area contributed by atoms with E-state index in [1.54, 1.807) is 24.1 Å². The molecule has 1 heterocycles. The van der Waals surface area contributed by atoms with Crippen molar-refractivity contribution >= 4 is 5.91 Å². The van der Waals surface area contributed by atoms with E-state index in [4.69, 9.17) is 9.47 Å². The van der Waals surface area contributed by atoms with Gasteiger partial charge in [0.15, 0.2) is 0 Å². The predicted molar refractivity (Wildman–Crippen MR) is 113 cm³/mol. The summed E-state index contributed by atoms with van der Waals surface area (Å²) in [5.41, 5.74) is 2.62. The van der Waals surface area contributed by atoms with Gasteiger partial charge in [0.1, 0.15) is 24.8 Å². The monoisotopic (exact) mass is 411 g/mol. The number of nitrogens with zero attached hydrogens (tertiary/aromatic N) is 2. The van der Waals surface area contributed by atoms with Crippen LogP contribution in [0.15, 0.2) is 60.7 Å². The molecule has 0 aliphatic heterocycles. The Kier molecular flexibility index (Phi) is 7.97. The topological polar surface area (TPSA) is 67.5 Å². The predicted octanol–water partition coefficient (Wildman–Crippen LogP) is 3.70. The molecule has 0 aliphatic rings. The highest BCUT2D eigenvalue weighted by Crippen LogP contribution is 2.18. The van der Waals surface area contributed by atoms with Crippen LogP contribution in [0.1, 0.15) is 12.1 Å². The van der Waals surface area contributed by atoms with E-state index < -0.39 is 0 Å². The van der Waals surface area contributed by atoms with Crippen LogP contribution in [-0.4, -0.2) is 54.4 Å². The molecule has 1 aromatic heterocycles. The van der Waals surface area contributed by atoms with E-state index in [9.17, 15) is 9.18 Å². The Morgan fingerprint density at radius 1 is 1.10 bits per heavy atom. The molecule has 0 saturated heterocycles. The van der Waals surface area contributed by atoms with E-state index in [-0.39, 0.29) is 18.3 Å². The van der Waals surface area contributed by atoms with Crippen molar-refractivity contribution in [3.05, 3.63) is 72.2 Å². The quantitative estimate of drug-likeness (QED) is 0.489. The number of benzene rings is 2. The molecule has 0 bridgehead atoms. The summed E-state index contributed by atoms with van der Waals surface area (Å²) >= 11 is 0. The molecule has 158 valence electrons. The van der Waals surface area contributed by atoms with Crippen molar-refractivity contribution in [2.45, 2.75) is 12.8 Å². The van der Waals surface area contributed by atoms with Crippen LogP contribution in [0.25, 0.3) is 11.3 Å². The molecule has 7 heteroatoms. The molecule has 1 N–H and O–H groups in total. The van der Waals surface area contributed by atoms with Crippen molar-refractivity contribution in [2.75, 3.05) is 33.4 Å². The van der Waals surface area contributed by atoms with Crippen LogP contribution in [0.2, 0.25) is 0 Å². The van der Waals surface area contributed by atoms with E-state index in [1.165, 1.54) is 12.1 Å². The molecule has 1 amide bonds. The van der Waals surface area contributed by atoms with Gasteiger partial charge in [0.25, 0.3) is 0 Å². The average molecular weight is 411 g/mol. The number of para-hydroxylation sites is 1. The molecule has 6 nitrogen and oxygen atoms in total. The number of H-pyrrole nitrogens is 1. The van der Waals surface area contributed by atoms with Crippen LogP contribution in [0, 0.1) is 5.82 Å². The number of aromatic amines is 1. The summed E-state index contributed by atoms with van der Waals surface area (Å²) in [6, 6.07) is 17.7. The number of aryl methyl sites for hydroxylation is 1. The smallest absolute Gasteiger partial charge is 0.248 e. The molecule has 0 spiro atoms. The molecule has 0 unspecified atom stereocenters. The molecular weight excluding hydrogens is 385 g/mol. The number of hydrogen-bond donors (Lipinski definition) is 1. The summed E-state index contributed by atoms with van der Waals surface area (Å²) in [6.07, 6.45) is 1.56. The standard InChI is InChI=1S/C23H26FN3O3/c1-27(23(28)17-29-14-15-30-21-7-3-2-4-8-21)13-5-6-20-16-22(26-25-20)18-9-11-19(24)12-10-18/h2-4,7-12,16H,5-6,13-15,17H2,1H3,(H,25,26). The molecule has 0 atom stereocenters. The first-order chi connectivity index (χ1) is 14.6. The van der Waals surface area contributed by atoms with Gasteiger partial charge >= 0.3 is 0 Å². The fourth-order valence-corrected chi connectivity index (χ4v) is 2.89. The van der Waals surface area contributed by atoms with Crippen LogP contribution in [0.4, 0.5) is 4.39 Å². The minimum Gasteiger partial charge on any atom is -0.491 e. The second-order valence-corrected chi connectivity index (χ2v) is 6.92. The highest BCUT2D eigenvalue weighted by atomic mass is 19.1. The molecular formula is C23H26FN3O3. The molecule has 30 heavy (non-hydrogen) atoms. The van der Waals surface area contributed by atoms with Gasteiger partial charge in [-0.3, -0.25) is 9.89 Å². The Morgan fingerprint density at radius 2 is 1.87 bits per heavy atom. The minimum atomic E-state index is -0.269. The molecule has 0 radical (unpaired) electrons. The molecule has 0 fully saturated rings. The van der Waals surface area contributed by atoms with E-state index in [0.29, 0.717) is 19.8 Å². The molecule has 0 aliphatic carbocycles. The Bertz CT molecular complexity index is 913. The summed E-state index contributed by atoms with van der Waals surface area (Å²) in [4.78, 5) is 13.8. The summed E-state index contributed by atoms with van der Waals surface area (Å²) in [6.45, 7) is 1.41. The number of amides is 1. The summed E-state index contributed by atoms with van der Waals surface area (Å²) in [5, 5.41) is 7.27. The van der Waals surface area contributed by atoms with Crippen LogP contribution < -0.4 is 4.74 Å². The fraction of sp³-hybridized carbons (Fsp3) is 0.304. The Hall–Kier alpha value is -3.19. The SMILES string of the molecule is CN(CCCc1cc(-c2ccc(F)cc2)n[nH]1)C(=O)COCCOc1ccccc1. The van der Waals surface area contributed by atoms with Gasteiger partial charge in [-0.05, 0) is 55.3 Å². The third-order valence-corrected chi connectivity index (χ3v) is 4.60. The van der Waals surface area contributed by atoms with Gasteiger partial charge in [0.05, 0.1) is 12.3 Å². The van der Waals surface area contributed by atoms with Gasteiger partial charge in [-0.1, -0.05) is 18.2 Å². The number of ether oxygens (including phenoxy) is 2. The van der Waals surface area contributed by atoms with E-state index >= 15 is 0 Å². The third kappa shape index (κ3) is 6.70. The maximum atomic E-state index is 13.0. The van der Waals surface area contributed by atoms with Crippen LogP contribution >= 0.6 is 0 Å². The molecule has 3 rings (SSSR count). The van der Waals surface area contributed by atoms with Crippen LogP contribution in [0.3, 0.4) is 0 Å². The Morgan fingerprint density at radius 3 is 2.63 bits per heavy atom. The highest BCUT2D eigenvalue weighted by Gasteiger charge is 2.10. The lowest BCUT2D eigenvalue weighted by Crippen LogP contribution is -2.31. The second-order valence-electron chi connectivity index (χ2n) is 6.92. The largest absolute Gasteiger partial charge is 0.491 e. The first-order valence-electron chi connectivity index (χ1n) is 9.91. The lowest BCUT2D eigenvalue weighted by molar-refractivity contribution is -0.135. The third-order valence-electron chi connectivity index (χ3n) is 4.60. The zero-order chi connectivity index (χ0) is 21.2. The van der Waals surface area contributed by atoms with Gasteiger partial charge in [0.2, 0.25) is 5.91 Å². The molecule has 3 aromatic rings. The van der Waals surface area contributed by atoms with Crippen LogP contribution in [0.5, 0.6) is 5.75 Å². The number of carbonyl (C=O) groups is 1. The van der Waals surface area contributed by atoms with Crippen molar-refractivity contribution in [1.29, 1.82) is 0 Å². The van der Waals surface area contributed by atoms with Gasteiger partial charge in [-0.15, -0.1) is 0 Å². The highest BCUT2D eigenvalue weighted by molar-refractivity contribution is 5.77. The van der Waals surface area contributed by atoms with E-state index in [0.717, 1.165) is 35.5 Å². The number of nitrogens with one attached hydrogen (secondary N) is 1. The fourth-order valence-electron chi connectivity index (χ4n) is 2.89. The summed E-state index contributed by atoms with van der Waals surface area (Å²) in [5.74, 6) is 0.451. The van der Waals surface area contributed by atoms with Crippen molar-refractivity contribution in [3.63, 3.8) is 0 Å². The van der Waals surface area contributed by atoms with Crippen LogP contribution in [-0.2, 0) is 16.0 Å². The summed E-state index contributed by atoms with van der Waals surface area (Å²) < 4.78 is 24.0.